The van der Waals surface area contributed by atoms with Gasteiger partial charge in [-0.25, -0.2) is 5.43 Å². The number of nitrogens with one attached hydrogen (secondary N) is 1. The molecule has 4 rings (SSSR count). The lowest BCUT2D eigenvalue weighted by molar-refractivity contribution is -0.112. The first kappa shape index (κ1) is 17.5. The molecule has 28 heavy (non-hydrogen) atoms. The number of aromatic hydroxyl groups is 1. The predicted molar refractivity (Wildman–Crippen MR) is 109 cm³/mol. The fourth-order valence-corrected chi connectivity index (χ4v) is 3.26. The molecular weight excluding hydrogens is 354 g/mol. The number of phenolic OH excluding ortho intramolecular Hbond substituents is 1. The molecule has 2 amide bonds. The van der Waals surface area contributed by atoms with E-state index in [9.17, 15) is 14.7 Å². The molecule has 0 atom stereocenters. The van der Waals surface area contributed by atoms with Gasteiger partial charge in [0.25, 0.3) is 11.8 Å². The van der Waals surface area contributed by atoms with Crippen molar-refractivity contribution < 1.29 is 14.7 Å². The highest BCUT2D eigenvalue weighted by molar-refractivity contribution is 6.54. The van der Waals surface area contributed by atoms with E-state index >= 15 is 0 Å². The molecule has 0 aliphatic carbocycles. The van der Waals surface area contributed by atoms with Crippen molar-refractivity contribution in [3.63, 3.8) is 0 Å². The summed E-state index contributed by atoms with van der Waals surface area (Å²) in [6.45, 7) is 4.02. The zero-order valence-electron chi connectivity index (χ0n) is 14.9. The monoisotopic (exact) mass is 371 g/mol. The maximum absolute atomic E-state index is 12.7. The van der Waals surface area contributed by atoms with Crippen molar-refractivity contribution in [3.05, 3.63) is 84.4 Å². The number of fused-ring (bicyclic) bond motifs is 2. The highest BCUT2D eigenvalue weighted by atomic mass is 16.3. The Morgan fingerprint density at radius 3 is 2.54 bits per heavy atom. The molecule has 3 aromatic rings. The zero-order valence-corrected chi connectivity index (χ0v) is 14.9. The fourth-order valence-electron chi connectivity index (χ4n) is 3.26. The number of rotatable bonds is 4. The van der Waals surface area contributed by atoms with Crippen LogP contribution in [0.15, 0.2) is 78.4 Å². The van der Waals surface area contributed by atoms with Gasteiger partial charge in [0, 0.05) is 12.1 Å². The van der Waals surface area contributed by atoms with E-state index in [0.29, 0.717) is 17.8 Å². The second kappa shape index (κ2) is 7.00. The number of para-hydroxylation sites is 1. The number of benzene rings is 3. The molecule has 0 spiro atoms. The van der Waals surface area contributed by atoms with Gasteiger partial charge in [0.05, 0.1) is 11.3 Å². The van der Waals surface area contributed by atoms with Gasteiger partial charge in [0.15, 0.2) is 5.71 Å². The van der Waals surface area contributed by atoms with Gasteiger partial charge < -0.3 is 10.0 Å². The largest absolute Gasteiger partial charge is 0.507 e. The van der Waals surface area contributed by atoms with E-state index in [2.05, 4.69) is 17.1 Å². The van der Waals surface area contributed by atoms with Crippen molar-refractivity contribution >= 4 is 34.0 Å². The lowest BCUT2D eigenvalue weighted by atomic mass is 10.1. The van der Waals surface area contributed by atoms with Crippen LogP contribution in [-0.4, -0.2) is 29.2 Å². The number of amides is 2. The Balaban J connectivity index is 1.66. The number of nitrogens with zero attached hydrogens (tertiary/aromatic N) is 2. The molecule has 0 saturated carbocycles. The van der Waals surface area contributed by atoms with E-state index in [1.165, 1.54) is 6.07 Å². The van der Waals surface area contributed by atoms with Crippen LogP contribution in [0.5, 0.6) is 5.75 Å². The smallest absolute Gasteiger partial charge is 0.279 e. The van der Waals surface area contributed by atoms with Gasteiger partial charge in [-0.05, 0) is 29.0 Å². The lowest BCUT2D eigenvalue weighted by Gasteiger charge is -2.13. The summed E-state index contributed by atoms with van der Waals surface area (Å²) in [6.07, 6.45) is 1.63. The van der Waals surface area contributed by atoms with Crippen LogP contribution in [0.4, 0.5) is 5.69 Å². The average molecular weight is 371 g/mol. The van der Waals surface area contributed by atoms with Gasteiger partial charge in [0.2, 0.25) is 0 Å². The summed E-state index contributed by atoms with van der Waals surface area (Å²) in [6, 6.07) is 17.7. The molecule has 6 heteroatoms. The van der Waals surface area contributed by atoms with Gasteiger partial charge in [-0.2, -0.15) is 5.10 Å². The Morgan fingerprint density at radius 1 is 1.11 bits per heavy atom. The van der Waals surface area contributed by atoms with Gasteiger partial charge in [-0.15, -0.1) is 6.58 Å². The molecule has 0 unspecified atom stereocenters. The summed E-state index contributed by atoms with van der Waals surface area (Å²) in [5, 5.41) is 15.9. The number of phenols is 1. The van der Waals surface area contributed by atoms with Crippen LogP contribution in [-0.2, 0) is 4.79 Å². The van der Waals surface area contributed by atoms with Crippen molar-refractivity contribution in [1.82, 2.24) is 5.43 Å². The first-order chi connectivity index (χ1) is 13.6. The van der Waals surface area contributed by atoms with Gasteiger partial charge >= 0.3 is 0 Å². The normalized spacial score (nSPS) is 14.4. The molecule has 0 bridgehead atoms. The quantitative estimate of drug-likeness (QED) is 0.546. The maximum atomic E-state index is 12.7. The zero-order chi connectivity index (χ0) is 19.7. The molecule has 0 aromatic heterocycles. The number of hydrogen-bond acceptors (Lipinski definition) is 4. The predicted octanol–water partition coefficient (Wildman–Crippen LogP) is 3.21. The van der Waals surface area contributed by atoms with Crippen LogP contribution in [0.25, 0.3) is 10.8 Å². The van der Waals surface area contributed by atoms with E-state index in [-0.39, 0.29) is 22.9 Å². The summed E-state index contributed by atoms with van der Waals surface area (Å²) in [5.41, 5.74) is 3.98. The van der Waals surface area contributed by atoms with Crippen LogP contribution in [0, 0.1) is 0 Å². The molecule has 6 nitrogen and oxygen atoms in total. The molecule has 138 valence electrons. The van der Waals surface area contributed by atoms with E-state index in [0.717, 1.165) is 10.8 Å². The highest BCUT2D eigenvalue weighted by Crippen LogP contribution is 2.29. The summed E-state index contributed by atoms with van der Waals surface area (Å²) in [4.78, 5) is 26.8. The summed E-state index contributed by atoms with van der Waals surface area (Å²) < 4.78 is 0. The van der Waals surface area contributed by atoms with Crippen LogP contribution in [0.2, 0.25) is 0 Å². The van der Waals surface area contributed by atoms with Gasteiger partial charge in [0.1, 0.15) is 5.75 Å². The Bertz CT molecular complexity index is 1150. The number of carbonyl (C=O) groups excluding carboxylic acids is 2. The van der Waals surface area contributed by atoms with Crippen molar-refractivity contribution in [3.8, 4) is 5.75 Å². The number of anilines is 1. The molecular formula is C22H17N3O3. The van der Waals surface area contributed by atoms with Crippen molar-refractivity contribution in [2.24, 2.45) is 5.10 Å². The van der Waals surface area contributed by atoms with Crippen molar-refractivity contribution in [2.45, 2.75) is 0 Å². The van der Waals surface area contributed by atoms with Crippen LogP contribution < -0.4 is 10.3 Å². The molecule has 1 aliphatic heterocycles. The van der Waals surface area contributed by atoms with Crippen LogP contribution in [0.1, 0.15) is 15.9 Å². The van der Waals surface area contributed by atoms with Gasteiger partial charge in [-0.3, -0.25) is 9.59 Å². The Morgan fingerprint density at radius 2 is 1.79 bits per heavy atom. The molecule has 1 heterocycles. The Labute approximate surface area is 161 Å². The molecule has 1 aliphatic rings. The van der Waals surface area contributed by atoms with E-state index < -0.39 is 5.91 Å². The highest BCUT2D eigenvalue weighted by Gasteiger charge is 2.33. The van der Waals surface area contributed by atoms with Crippen LogP contribution in [0.3, 0.4) is 0 Å². The molecule has 3 aromatic carbocycles. The summed E-state index contributed by atoms with van der Waals surface area (Å²) in [5.74, 6) is -1.06. The number of hydrazone groups is 1. The van der Waals surface area contributed by atoms with E-state index in [1.807, 2.05) is 36.4 Å². The topological polar surface area (TPSA) is 82.0 Å². The van der Waals surface area contributed by atoms with E-state index in [4.69, 9.17) is 0 Å². The maximum Gasteiger partial charge on any atom is 0.279 e. The number of carbonyl (C=O) groups is 2. The minimum Gasteiger partial charge on any atom is -0.507 e. The molecule has 0 fully saturated rings. The molecule has 0 saturated heterocycles. The summed E-state index contributed by atoms with van der Waals surface area (Å²) in [7, 11) is 0. The van der Waals surface area contributed by atoms with Gasteiger partial charge in [-0.1, -0.05) is 48.5 Å². The minimum absolute atomic E-state index is 0.0877. The fraction of sp³-hybridized carbons (Fsp3) is 0.0455. The lowest BCUT2D eigenvalue weighted by Crippen LogP contribution is -2.31. The van der Waals surface area contributed by atoms with Crippen molar-refractivity contribution in [2.75, 3.05) is 11.4 Å². The molecule has 0 radical (unpaired) electrons. The molecule has 2 N–H and O–H groups in total. The Hall–Kier alpha value is -3.93. The third kappa shape index (κ3) is 2.91. The first-order valence-electron chi connectivity index (χ1n) is 8.72. The third-order valence-corrected chi connectivity index (χ3v) is 4.59. The Kier molecular flexibility index (Phi) is 4.37. The third-order valence-electron chi connectivity index (χ3n) is 4.59. The minimum atomic E-state index is -0.594. The van der Waals surface area contributed by atoms with E-state index in [1.54, 1.807) is 29.2 Å². The number of hydrogen-bond donors (Lipinski definition) is 2. The second-order valence-electron chi connectivity index (χ2n) is 6.34. The average Bonchev–Trinajstić information content (AvgIpc) is 2.97. The standard InChI is InChI=1S/C22H17N3O3/c1-2-11-25-18-10-6-5-9-16(18)20(22(25)28)23-24-21(27)17-12-14-7-3-4-8-15(14)13-19(17)26/h2-10,12-13,26H,1,11H2,(H,24,27)/b23-20-. The van der Waals surface area contributed by atoms with Crippen LogP contribution >= 0.6 is 0 Å². The summed E-state index contributed by atoms with van der Waals surface area (Å²) >= 11 is 0. The first-order valence-corrected chi connectivity index (χ1v) is 8.72. The SMILES string of the molecule is C=CCN1C(=O)/C(=N\NC(=O)c2cc3ccccc3cc2O)c2ccccc21. The second-order valence-corrected chi connectivity index (χ2v) is 6.34. The van der Waals surface area contributed by atoms with Crippen molar-refractivity contribution in [1.29, 1.82) is 0 Å².